The van der Waals surface area contributed by atoms with Crippen LogP contribution in [-0.4, -0.2) is 39.6 Å². The molecule has 38 heavy (non-hydrogen) atoms. The largest absolute Gasteiger partial charge is 0.491 e. The second-order valence-electron chi connectivity index (χ2n) is 10.9. The average molecular weight is 521 g/mol. The van der Waals surface area contributed by atoms with Crippen molar-refractivity contribution >= 4 is 5.97 Å². The number of ether oxygens (including phenoxy) is 1. The van der Waals surface area contributed by atoms with E-state index in [2.05, 4.69) is 62.9 Å². The lowest BCUT2D eigenvalue weighted by atomic mass is 9.70. The summed E-state index contributed by atoms with van der Waals surface area (Å²) >= 11 is 0. The van der Waals surface area contributed by atoms with Crippen molar-refractivity contribution in [2.75, 3.05) is 6.61 Å². The van der Waals surface area contributed by atoms with Crippen molar-refractivity contribution in [1.29, 1.82) is 0 Å². The Balaban J connectivity index is 1.78. The summed E-state index contributed by atoms with van der Waals surface area (Å²) in [5.41, 5.74) is 4.57. The van der Waals surface area contributed by atoms with Crippen LogP contribution in [0.15, 0.2) is 36.4 Å². The first-order valence-electron chi connectivity index (χ1n) is 14.1. The Kier molecular flexibility index (Phi) is 10.4. The molecule has 2 aromatic rings. The maximum Gasteiger partial charge on any atom is 0.303 e. The summed E-state index contributed by atoms with van der Waals surface area (Å²) in [4.78, 5) is 10.7. The average Bonchev–Trinajstić information content (AvgIpc) is 2.89. The number of hydrogen-bond acceptors (Lipinski definition) is 4. The quantitative estimate of drug-likeness (QED) is 0.296. The number of aliphatic hydroxyl groups excluding tert-OH is 1. The summed E-state index contributed by atoms with van der Waals surface area (Å²) in [6.45, 7) is 8.70. The molecule has 5 heteroatoms. The Morgan fingerprint density at radius 3 is 2.24 bits per heavy atom. The summed E-state index contributed by atoms with van der Waals surface area (Å²) in [5, 5.41) is 29.7. The van der Waals surface area contributed by atoms with Gasteiger partial charge in [0, 0.05) is 17.4 Å². The fourth-order valence-corrected chi connectivity index (χ4v) is 5.65. The standard InChI is InChI=1S/C33H44O5/c1-5-33(6-2,27-14-13-26(24(3)21-27)17-20-32(37)18-8-7-9-19-32)28-15-16-30(25(4)22-28)38-23-29(34)11-10-12-31(35)36/h13-16,21-22,29,34,37H,5-12,18-19,23H2,1-4H3,(H,35,36)/t29-/m1/s1. The summed E-state index contributed by atoms with van der Waals surface area (Å²) in [5.74, 6) is 6.32. The molecule has 0 heterocycles. The third kappa shape index (κ3) is 7.40. The molecule has 3 N–H and O–H groups in total. The van der Waals surface area contributed by atoms with E-state index in [1.54, 1.807) is 0 Å². The van der Waals surface area contributed by atoms with Crippen molar-refractivity contribution in [3.05, 3.63) is 64.2 Å². The van der Waals surface area contributed by atoms with Crippen LogP contribution in [0.3, 0.4) is 0 Å². The molecular weight excluding hydrogens is 476 g/mol. The van der Waals surface area contributed by atoms with E-state index < -0.39 is 17.7 Å². The fraction of sp³-hybridized carbons (Fsp3) is 0.545. The van der Waals surface area contributed by atoms with Crippen molar-refractivity contribution in [3.8, 4) is 17.6 Å². The number of benzene rings is 2. The number of carbonyl (C=O) groups is 1. The topological polar surface area (TPSA) is 87.0 Å². The van der Waals surface area contributed by atoms with Crippen molar-refractivity contribution < 1.29 is 24.9 Å². The molecule has 0 unspecified atom stereocenters. The van der Waals surface area contributed by atoms with E-state index in [0.29, 0.717) is 12.8 Å². The van der Waals surface area contributed by atoms with Gasteiger partial charge >= 0.3 is 5.97 Å². The highest BCUT2D eigenvalue weighted by atomic mass is 16.5. The number of aliphatic hydroxyl groups is 2. The molecule has 0 bridgehead atoms. The zero-order valence-electron chi connectivity index (χ0n) is 23.5. The molecule has 0 saturated heterocycles. The van der Waals surface area contributed by atoms with Crippen LogP contribution in [0.4, 0.5) is 0 Å². The van der Waals surface area contributed by atoms with Crippen LogP contribution in [0.2, 0.25) is 0 Å². The molecular formula is C33H44O5. The highest BCUT2D eigenvalue weighted by molar-refractivity contribution is 5.66. The normalized spacial score (nSPS) is 15.8. The first-order chi connectivity index (χ1) is 18.1. The molecule has 0 aromatic heterocycles. The second kappa shape index (κ2) is 13.3. The van der Waals surface area contributed by atoms with Gasteiger partial charge in [0.2, 0.25) is 0 Å². The number of aryl methyl sites for hydroxylation is 2. The second-order valence-corrected chi connectivity index (χ2v) is 10.9. The number of rotatable bonds is 11. The van der Waals surface area contributed by atoms with Crippen LogP contribution in [-0.2, 0) is 10.2 Å². The highest BCUT2D eigenvalue weighted by Gasteiger charge is 2.32. The molecule has 0 radical (unpaired) electrons. The van der Waals surface area contributed by atoms with Crippen molar-refractivity contribution in [2.24, 2.45) is 0 Å². The Morgan fingerprint density at radius 2 is 1.66 bits per heavy atom. The Bertz CT molecular complexity index is 1150. The van der Waals surface area contributed by atoms with E-state index in [1.165, 1.54) is 17.5 Å². The van der Waals surface area contributed by atoms with Crippen molar-refractivity contribution in [2.45, 2.75) is 109 Å². The number of carboxylic acids is 1. The molecule has 2 aromatic carbocycles. The summed E-state index contributed by atoms with van der Waals surface area (Å²) in [6, 6.07) is 12.8. The van der Waals surface area contributed by atoms with Crippen molar-refractivity contribution in [3.63, 3.8) is 0 Å². The summed E-state index contributed by atoms with van der Waals surface area (Å²) in [7, 11) is 0. The van der Waals surface area contributed by atoms with E-state index in [-0.39, 0.29) is 18.4 Å². The molecule has 1 aliphatic carbocycles. The monoisotopic (exact) mass is 520 g/mol. The molecule has 3 rings (SSSR count). The Morgan fingerprint density at radius 1 is 1.03 bits per heavy atom. The van der Waals surface area contributed by atoms with E-state index >= 15 is 0 Å². The molecule has 1 saturated carbocycles. The molecule has 1 atom stereocenters. The minimum Gasteiger partial charge on any atom is -0.491 e. The molecule has 0 amide bonds. The maximum atomic E-state index is 10.8. The number of aliphatic carboxylic acids is 1. The van der Waals surface area contributed by atoms with Gasteiger partial charge in [-0.1, -0.05) is 56.4 Å². The SMILES string of the molecule is CCC(CC)(c1ccc(C#CC2(O)CCCCC2)c(C)c1)c1ccc(OC[C@H](O)CCCC(=O)O)c(C)c1. The van der Waals surface area contributed by atoms with E-state index in [9.17, 15) is 15.0 Å². The lowest BCUT2D eigenvalue weighted by Gasteiger charge is -2.34. The molecule has 206 valence electrons. The smallest absolute Gasteiger partial charge is 0.303 e. The van der Waals surface area contributed by atoms with Crippen LogP contribution in [0.1, 0.15) is 106 Å². The van der Waals surface area contributed by atoms with Gasteiger partial charge < -0.3 is 20.1 Å². The predicted molar refractivity (Wildman–Crippen MR) is 152 cm³/mol. The molecule has 0 aliphatic heterocycles. The Labute approximate surface area is 228 Å². The first-order valence-corrected chi connectivity index (χ1v) is 14.1. The van der Waals surface area contributed by atoms with Gasteiger partial charge in [0.1, 0.15) is 18.0 Å². The van der Waals surface area contributed by atoms with Crippen LogP contribution < -0.4 is 4.74 Å². The highest BCUT2D eigenvalue weighted by Crippen LogP contribution is 2.41. The summed E-state index contributed by atoms with van der Waals surface area (Å²) < 4.78 is 5.88. The predicted octanol–water partition coefficient (Wildman–Crippen LogP) is 6.45. The van der Waals surface area contributed by atoms with E-state index in [4.69, 9.17) is 9.84 Å². The zero-order valence-corrected chi connectivity index (χ0v) is 23.5. The first kappa shape index (κ1) is 29.7. The molecule has 0 spiro atoms. The summed E-state index contributed by atoms with van der Waals surface area (Å²) in [6.07, 6.45) is 6.84. The van der Waals surface area contributed by atoms with Crippen LogP contribution in [0, 0.1) is 25.7 Å². The van der Waals surface area contributed by atoms with Gasteiger partial charge in [-0.2, -0.15) is 0 Å². The van der Waals surface area contributed by atoms with Gasteiger partial charge in [0.25, 0.3) is 0 Å². The number of carboxylic acid groups (broad SMARTS) is 1. The van der Waals surface area contributed by atoms with E-state index in [0.717, 1.165) is 61.0 Å². The maximum absolute atomic E-state index is 10.8. The van der Waals surface area contributed by atoms with Gasteiger partial charge in [-0.15, -0.1) is 0 Å². The van der Waals surface area contributed by atoms with E-state index in [1.807, 2.05) is 13.0 Å². The Hall–Kier alpha value is -2.81. The van der Waals surface area contributed by atoms with Crippen LogP contribution in [0.25, 0.3) is 0 Å². The number of hydrogen-bond donors (Lipinski definition) is 3. The molecule has 1 fully saturated rings. The third-order valence-corrected chi connectivity index (χ3v) is 8.18. The van der Waals surface area contributed by atoms with Crippen LogP contribution in [0.5, 0.6) is 5.75 Å². The fourth-order valence-electron chi connectivity index (χ4n) is 5.65. The lowest BCUT2D eigenvalue weighted by molar-refractivity contribution is -0.137. The minimum atomic E-state index is -0.851. The van der Waals surface area contributed by atoms with Gasteiger partial charge in [-0.05, 0) is 99.6 Å². The lowest BCUT2D eigenvalue weighted by Crippen LogP contribution is -2.29. The zero-order chi connectivity index (χ0) is 27.8. The van der Waals surface area contributed by atoms with Gasteiger partial charge in [-0.3, -0.25) is 4.79 Å². The van der Waals surface area contributed by atoms with Crippen LogP contribution >= 0.6 is 0 Å². The molecule has 1 aliphatic rings. The third-order valence-electron chi connectivity index (χ3n) is 8.18. The van der Waals surface area contributed by atoms with Gasteiger partial charge in [0.05, 0.1) is 6.10 Å². The van der Waals surface area contributed by atoms with Crippen molar-refractivity contribution in [1.82, 2.24) is 0 Å². The minimum absolute atomic E-state index is 0.0517. The molecule has 5 nitrogen and oxygen atoms in total. The van der Waals surface area contributed by atoms with Gasteiger partial charge in [0.15, 0.2) is 0 Å². The van der Waals surface area contributed by atoms with Gasteiger partial charge in [-0.25, -0.2) is 0 Å².